The molecule has 0 saturated carbocycles. The van der Waals surface area contributed by atoms with Gasteiger partial charge in [0.2, 0.25) is 11.5 Å². The third kappa shape index (κ3) is 5.31. The molecule has 0 saturated heterocycles. The van der Waals surface area contributed by atoms with Gasteiger partial charge in [-0.1, -0.05) is 0 Å². The van der Waals surface area contributed by atoms with Gasteiger partial charge in [0.05, 0.1) is 51.2 Å². The van der Waals surface area contributed by atoms with Gasteiger partial charge in [0, 0.05) is 50.3 Å². The van der Waals surface area contributed by atoms with E-state index in [9.17, 15) is 0 Å². The van der Waals surface area contributed by atoms with Crippen LogP contribution in [0.1, 0.15) is 28.3 Å². The summed E-state index contributed by atoms with van der Waals surface area (Å²) in [5, 5.41) is 0. The van der Waals surface area contributed by atoms with Crippen molar-refractivity contribution in [2.24, 2.45) is 0 Å². The summed E-state index contributed by atoms with van der Waals surface area (Å²) in [5.74, 6) is 1.96. The third-order valence-electron chi connectivity index (χ3n) is 6.44. The van der Waals surface area contributed by atoms with E-state index < -0.39 is 0 Å². The summed E-state index contributed by atoms with van der Waals surface area (Å²) in [7, 11) is 6.35. The Kier molecular flexibility index (Phi) is 8.59. The van der Waals surface area contributed by atoms with Crippen LogP contribution in [-0.4, -0.2) is 48.4 Å². The molecular weight excluding hydrogens is 572 g/mol. The maximum atomic E-state index is 5.83. The van der Waals surface area contributed by atoms with E-state index in [2.05, 4.69) is 9.97 Å². The van der Waals surface area contributed by atoms with Gasteiger partial charge in [-0.3, -0.25) is 0 Å². The minimum atomic E-state index is 0. The summed E-state index contributed by atoms with van der Waals surface area (Å²) in [6, 6.07) is 18.0. The molecule has 6 rings (SSSR count). The first kappa shape index (κ1) is 28.8. The number of aromatic amines is 2. The largest absolute Gasteiger partial charge is 0.493 e. The molecule has 0 radical (unpaired) electrons. The number of ether oxygens (including phenoxy) is 4. The van der Waals surface area contributed by atoms with E-state index >= 15 is 0 Å². The molecule has 2 N–H and O–H groups in total. The predicted octanol–water partition coefficient (Wildman–Crippen LogP) is 6.53. The zero-order chi connectivity index (χ0) is 26.2. The second-order valence-corrected chi connectivity index (χ2v) is 8.82. The zero-order valence-electron chi connectivity index (χ0n) is 22.2. The van der Waals surface area contributed by atoms with Crippen LogP contribution in [0.4, 0.5) is 0 Å². The number of benzene rings is 1. The minimum Gasteiger partial charge on any atom is -0.493 e. The fraction of sp³-hybridized carbons (Fsp3) is 0.133. The molecule has 40 heavy (non-hydrogen) atoms. The Bertz CT molecular complexity index is 1790. The fourth-order valence-corrected chi connectivity index (χ4v) is 4.76. The maximum Gasteiger partial charge on any atom is 0.207 e. The second-order valence-electron chi connectivity index (χ2n) is 8.82. The Morgan fingerprint density at radius 2 is 1.10 bits per heavy atom. The normalized spacial score (nSPS) is 11.7. The van der Waals surface area contributed by atoms with E-state index in [0.29, 0.717) is 23.0 Å². The van der Waals surface area contributed by atoms with E-state index in [-0.39, 0.29) is 29.5 Å². The first-order valence-electron chi connectivity index (χ1n) is 12.0. The molecule has 4 aromatic rings. The first-order valence-corrected chi connectivity index (χ1v) is 12.0. The fourth-order valence-electron chi connectivity index (χ4n) is 4.76. The van der Waals surface area contributed by atoms with Crippen molar-refractivity contribution in [3.8, 4) is 23.0 Å². The molecule has 2 aliphatic heterocycles. The van der Waals surface area contributed by atoms with Crippen molar-refractivity contribution in [1.29, 1.82) is 0 Å². The van der Waals surface area contributed by atoms with E-state index in [1.807, 2.05) is 72.8 Å². The van der Waals surface area contributed by atoms with Crippen LogP contribution in [0, 0.1) is 0 Å². The third-order valence-corrected chi connectivity index (χ3v) is 6.44. The SMILES string of the molecule is COc1cc(C2=Cc3cc4ccc(cc5nc(cc6ccc(cc2n3)[nH]6)C=C5)[nH]4)c(OC)c(OC)c1OC.Cl.[Fe]. The second kappa shape index (κ2) is 11.9. The zero-order valence-corrected chi connectivity index (χ0v) is 24.1. The summed E-state index contributed by atoms with van der Waals surface area (Å²) < 4.78 is 22.7. The molecule has 8 bridgehead atoms. The molecule has 5 heterocycles. The van der Waals surface area contributed by atoms with Crippen molar-refractivity contribution in [3.05, 3.63) is 82.9 Å². The molecule has 8 nitrogen and oxygen atoms in total. The molecule has 206 valence electrons. The number of H-pyrrole nitrogens is 2. The van der Waals surface area contributed by atoms with Gasteiger partial charge >= 0.3 is 0 Å². The Morgan fingerprint density at radius 3 is 1.62 bits per heavy atom. The number of rotatable bonds is 5. The smallest absolute Gasteiger partial charge is 0.207 e. The standard InChI is InChI=1S/C30H26N4O4.ClH.Fe/c1-35-27-16-25(28(36-2)30(38-4)29(27)37-3)24-14-23-13-21-8-7-19(32-21)11-17-5-6-18(31-17)12-20-9-10-22(33-20)15-26(24)34-23;;/h5-16,32-33H,1-4H3;1H;. The van der Waals surface area contributed by atoms with Gasteiger partial charge in [-0.15, -0.1) is 12.4 Å². The Balaban J connectivity index is 0.00000185. The number of nitrogens with one attached hydrogen (secondary N) is 2. The van der Waals surface area contributed by atoms with Crippen LogP contribution in [0.25, 0.3) is 45.9 Å². The van der Waals surface area contributed by atoms with Gasteiger partial charge in [0.1, 0.15) is 0 Å². The van der Waals surface area contributed by atoms with Crippen LogP contribution in [0.15, 0.2) is 54.6 Å². The van der Waals surface area contributed by atoms with Gasteiger partial charge in [-0.05, 0) is 72.8 Å². The first-order chi connectivity index (χ1) is 18.6. The Morgan fingerprint density at radius 1 is 0.575 bits per heavy atom. The molecule has 0 atom stereocenters. The number of hydrogen-bond acceptors (Lipinski definition) is 6. The van der Waals surface area contributed by atoms with E-state index in [4.69, 9.17) is 28.9 Å². The van der Waals surface area contributed by atoms with Gasteiger partial charge in [-0.25, -0.2) is 9.97 Å². The number of halogens is 1. The van der Waals surface area contributed by atoms with Gasteiger partial charge in [0.15, 0.2) is 11.5 Å². The number of nitrogens with zero attached hydrogens (tertiary/aromatic N) is 2. The monoisotopic (exact) mass is 598 g/mol. The van der Waals surface area contributed by atoms with Crippen molar-refractivity contribution >= 4 is 58.3 Å². The van der Waals surface area contributed by atoms with Crippen LogP contribution < -0.4 is 18.9 Å². The van der Waals surface area contributed by atoms with Crippen molar-refractivity contribution in [3.63, 3.8) is 0 Å². The van der Waals surface area contributed by atoms with Crippen LogP contribution >= 0.6 is 12.4 Å². The number of hydrogen-bond donors (Lipinski definition) is 2. The van der Waals surface area contributed by atoms with Crippen molar-refractivity contribution < 1.29 is 36.0 Å². The average Bonchev–Trinajstić information content (AvgIpc) is 3.72. The molecule has 3 aromatic heterocycles. The Hall–Kier alpha value is -4.17. The quantitative estimate of drug-likeness (QED) is 0.219. The van der Waals surface area contributed by atoms with Crippen molar-refractivity contribution in [1.82, 2.24) is 19.9 Å². The molecule has 0 unspecified atom stereocenters. The number of fused-ring (bicyclic) bond motifs is 8. The number of methoxy groups -OCH3 is 4. The summed E-state index contributed by atoms with van der Waals surface area (Å²) in [6.07, 6.45) is 6.04. The molecule has 10 heteroatoms. The van der Waals surface area contributed by atoms with Gasteiger partial charge in [-0.2, -0.15) is 0 Å². The minimum absolute atomic E-state index is 0. The molecule has 2 aliphatic rings. The van der Waals surface area contributed by atoms with E-state index in [1.165, 1.54) is 0 Å². The van der Waals surface area contributed by atoms with Crippen LogP contribution in [0.5, 0.6) is 23.0 Å². The molecule has 1 aromatic carbocycles. The van der Waals surface area contributed by atoms with Crippen LogP contribution in [0.2, 0.25) is 0 Å². The molecular formula is C30H27ClFeN4O4. The van der Waals surface area contributed by atoms with Crippen molar-refractivity contribution in [2.45, 2.75) is 0 Å². The number of aromatic nitrogens is 4. The van der Waals surface area contributed by atoms with Crippen LogP contribution in [-0.2, 0) is 17.1 Å². The summed E-state index contributed by atoms with van der Waals surface area (Å²) in [4.78, 5) is 16.6. The van der Waals surface area contributed by atoms with E-state index in [1.54, 1.807) is 28.4 Å². The molecule has 0 fully saturated rings. The molecule has 0 aliphatic carbocycles. The van der Waals surface area contributed by atoms with Gasteiger partial charge in [0.25, 0.3) is 0 Å². The predicted molar refractivity (Wildman–Crippen MR) is 157 cm³/mol. The van der Waals surface area contributed by atoms with Gasteiger partial charge < -0.3 is 28.9 Å². The topological polar surface area (TPSA) is 94.3 Å². The van der Waals surface area contributed by atoms with E-state index in [0.717, 1.165) is 56.0 Å². The summed E-state index contributed by atoms with van der Waals surface area (Å²) in [5.41, 5.74) is 8.68. The Labute approximate surface area is 248 Å². The van der Waals surface area contributed by atoms with Crippen molar-refractivity contribution in [2.75, 3.05) is 28.4 Å². The van der Waals surface area contributed by atoms with Crippen LogP contribution in [0.3, 0.4) is 0 Å². The summed E-state index contributed by atoms with van der Waals surface area (Å²) >= 11 is 0. The maximum absolute atomic E-state index is 5.83. The molecule has 0 spiro atoms. The summed E-state index contributed by atoms with van der Waals surface area (Å²) in [6.45, 7) is 0. The average molecular weight is 599 g/mol. The molecule has 0 amide bonds.